The van der Waals surface area contributed by atoms with Gasteiger partial charge in [-0.3, -0.25) is 0 Å². The van der Waals surface area contributed by atoms with Crippen LogP contribution >= 0.6 is 11.3 Å². The summed E-state index contributed by atoms with van der Waals surface area (Å²) in [6, 6.07) is 3.94. The van der Waals surface area contributed by atoms with E-state index in [9.17, 15) is 4.79 Å². The number of thiophene rings is 1. The smallest absolute Gasteiger partial charge is 0.353 e. The van der Waals surface area contributed by atoms with E-state index in [-0.39, 0.29) is 5.69 Å². The van der Waals surface area contributed by atoms with E-state index in [1.54, 1.807) is 0 Å². The van der Waals surface area contributed by atoms with Crippen LogP contribution in [-0.2, 0) is 0 Å². The van der Waals surface area contributed by atoms with Crippen LogP contribution in [-0.4, -0.2) is 26.0 Å². The standard InChI is InChI=1S/C10H7N3O2S/c14-10(15)6-4-12-8(13-6)7-3-5-1-2-11-9(5)16-7/h1-4,11H,(H,12,13)(H,14,15). The lowest BCUT2D eigenvalue weighted by atomic mass is 10.3. The molecule has 0 fully saturated rings. The topological polar surface area (TPSA) is 81.8 Å². The number of rotatable bonds is 2. The molecule has 3 heterocycles. The van der Waals surface area contributed by atoms with Crippen LogP contribution in [0, 0.1) is 0 Å². The number of H-pyrrole nitrogens is 2. The van der Waals surface area contributed by atoms with Gasteiger partial charge in [0.1, 0.15) is 16.3 Å². The Bertz CT molecular complexity index is 636. The molecule has 5 nitrogen and oxygen atoms in total. The molecule has 0 aliphatic heterocycles. The van der Waals surface area contributed by atoms with Gasteiger partial charge in [0.05, 0.1) is 11.1 Å². The molecule has 0 unspecified atom stereocenters. The molecule has 0 atom stereocenters. The third kappa shape index (κ3) is 1.31. The van der Waals surface area contributed by atoms with Crippen molar-refractivity contribution in [2.24, 2.45) is 0 Å². The van der Waals surface area contributed by atoms with Gasteiger partial charge in [-0.15, -0.1) is 11.3 Å². The van der Waals surface area contributed by atoms with Gasteiger partial charge in [0, 0.05) is 11.6 Å². The molecule has 0 spiro atoms. The first kappa shape index (κ1) is 9.17. The minimum atomic E-state index is -0.999. The Morgan fingerprint density at radius 1 is 1.50 bits per heavy atom. The molecule has 3 aromatic heterocycles. The van der Waals surface area contributed by atoms with E-state index in [4.69, 9.17) is 5.11 Å². The lowest BCUT2D eigenvalue weighted by Gasteiger charge is -1.88. The predicted octanol–water partition coefficient (Wildman–Crippen LogP) is 2.32. The highest BCUT2D eigenvalue weighted by atomic mass is 32.1. The average Bonchev–Trinajstić information content (AvgIpc) is 2.91. The van der Waals surface area contributed by atoms with Gasteiger partial charge in [-0.25, -0.2) is 9.78 Å². The van der Waals surface area contributed by atoms with Crippen LogP contribution in [0.15, 0.2) is 24.5 Å². The zero-order valence-electron chi connectivity index (χ0n) is 8.02. The van der Waals surface area contributed by atoms with E-state index in [1.807, 2.05) is 18.3 Å². The molecule has 0 aliphatic rings. The van der Waals surface area contributed by atoms with Gasteiger partial charge in [0.15, 0.2) is 0 Å². The fourth-order valence-corrected chi connectivity index (χ4v) is 2.50. The van der Waals surface area contributed by atoms with Gasteiger partial charge < -0.3 is 15.1 Å². The number of aromatic carboxylic acids is 1. The summed E-state index contributed by atoms with van der Waals surface area (Å²) in [5.41, 5.74) is 0.104. The summed E-state index contributed by atoms with van der Waals surface area (Å²) in [5.74, 6) is -0.409. The van der Waals surface area contributed by atoms with Crippen molar-refractivity contribution >= 4 is 27.5 Å². The number of fused-ring (bicyclic) bond motifs is 1. The van der Waals surface area contributed by atoms with Crippen LogP contribution in [0.25, 0.3) is 20.9 Å². The van der Waals surface area contributed by atoms with E-state index < -0.39 is 5.97 Å². The maximum absolute atomic E-state index is 10.7. The second kappa shape index (κ2) is 3.21. The van der Waals surface area contributed by atoms with Crippen molar-refractivity contribution in [1.82, 2.24) is 15.0 Å². The highest BCUT2D eigenvalue weighted by Crippen LogP contribution is 2.30. The molecule has 0 amide bonds. The van der Waals surface area contributed by atoms with E-state index in [2.05, 4.69) is 15.0 Å². The van der Waals surface area contributed by atoms with Gasteiger partial charge >= 0.3 is 5.97 Å². The predicted molar refractivity (Wildman–Crippen MR) is 60.7 cm³/mol. The molecule has 3 N–H and O–H groups in total. The summed E-state index contributed by atoms with van der Waals surface area (Å²) in [7, 11) is 0. The third-order valence-corrected chi connectivity index (χ3v) is 3.37. The largest absolute Gasteiger partial charge is 0.477 e. The molecule has 3 rings (SSSR count). The summed E-state index contributed by atoms with van der Waals surface area (Å²) in [5, 5.41) is 9.88. The van der Waals surface area contributed by atoms with Crippen molar-refractivity contribution in [2.75, 3.05) is 0 Å². The summed E-state index contributed by atoms with van der Waals surface area (Å²) in [6.07, 6.45) is 3.20. The Morgan fingerprint density at radius 2 is 2.38 bits per heavy atom. The van der Waals surface area contributed by atoms with Crippen LogP contribution in [0.3, 0.4) is 0 Å². The number of hydrogen-bond donors (Lipinski definition) is 3. The molecule has 80 valence electrons. The van der Waals surface area contributed by atoms with Crippen molar-refractivity contribution in [3.63, 3.8) is 0 Å². The maximum Gasteiger partial charge on any atom is 0.353 e. The van der Waals surface area contributed by atoms with Crippen molar-refractivity contribution in [3.8, 4) is 10.7 Å². The first-order valence-corrected chi connectivity index (χ1v) is 5.41. The van der Waals surface area contributed by atoms with E-state index in [1.165, 1.54) is 17.5 Å². The van der Waals surface area contributed by atoms with Crippen LogP contribution in [0.1, 0.15) is 10.5 Å². The normalized spacial score (nSPS) is 11.0. The number of aromatic nitrogens is 3. The molecule has 0 saturated heterocycles. The molecule has 3 aromatic rings. The van der Waals surface area contributed by atoms with Gasteiger partial charge in [0.25, 0.3) is 0 Å². The van der Waals surface area contributed by atoms with Crippen LogP contribution in [0.2, 0.25) is 0 Å². The van der Waals surface area contributed by atoms with Crippen molar-refractivity contribution in [1.29, 1.82) is 0 Å². The van der Waals surface area contributed by atoms with Gasteiger partial charge in [-0.2, -0.15) is 0 Å². The van der Waals surface area contributed by atoms with Crippen LogP contribution < -0.4 is 0 Å². The second-order valence-electron chi connectivity index (χ2n) is 3.32. The molecule has 0 bridgehead atoms. The van der Waals surface area contributed by atoms with E-state index in [0.717, 1.165) is 15.1 Å². The highest BCUT2D eigenvalue weighted by Gasteiger charge is 2.11. The molecule has 6 heteroatoms. The van der Waals surface area contributed by atoms with Crippen molar-refractivity contribution < 1.29 is 9.90 Å². The Hall–Kier alpha value is -2.08. The fourth-order valence-electron chi connectivity index (χ4n) is 1.52. The Balaban J connectivity index is 2.08. The molecule has 0 aliphatic carbocycles. The molecule has 0 aromatic carbocycles. The summed E-state index contributed by atoms with van der Waals surface area (Å²) in [4.78, 5) is 22.6. The molecule has 16 heavy (non-hydrogen) atoms. The number of hydrogen-bond acceptors (Lipinski definition) is 3. The third-order valence-electron chi connectivity index (χ3n) is 2.28. The number of carboxylic acids is 1. The molecular weight excluding hydrogens is 226 g/mol. The minimum absolute atomic E-state index is 0.104. The van der Waals surface area contributed by atoms with Gasteiger partial charge in [0.2, 0.25) is 0 Å². The zero-order valence-corrected chi connectivity index (χ0v) is 8.84. The average molecular weight is 233 g/mol. The number of imidazole rings is 1. The Labute approximate surface area is 93.8 Å². The van der Waals surface area contributed by atoms with Crippen molar-refractivity contribution in [2.45, 2.75) is 0 Å². The lowest BCUT2D eigenvalue weighted by Crippen LogP contribution is -1.95. The Morgan fingerprint density at radius 3 is 3.06 bits per heavy atom. The zero-order chi connectivity index (χ0) is 11.1. The van der Waals surface area contributed by atoms with E-state index >= 15 is 0 Å². The molecule has 0 radical (unpaired) electrons. The van der Waals surface area contributed by atoms with Crippen LogP contribution in [0.4, 0.5) is 0 Å². The van der Waals surface area contributed by atoms with Gasteiger partial charge in [-0.05, 0) is 12.1 Å². The quantitative estimate of drug-likeness (QED) is 0.635. The number of nitrogens with one attached hydrogen (secondary N) is 2. The fraction of sp³-hybridized carbons (Fsp3) is 0. The summed E-state index contributed by atoms with van der Waals surface area (Å²) in [6.45, 7) is 0. The van der Waals surface area contributed by atoms with Crippen LogP contribution in [0.5, 0.6) is 0 Å². The van der Waals surface area contributed by atoms with E-state index in [0.29, 0.717) is 5.82 Å². The summed E-state index contributed by atoms with van der Waals surface area (Å²) < 4.78 is 0. The number of carbonyl (C=O) groups is 1. The number of aromatic amines is 2. The monoisotopic (exact) mass is 233 g/mol. The molecular formula is C10H7N3O2S. The number of nitrogens with zero attached hydrogens (tertiary/aromatic N) is 1. The lowest BCUT2D eigenvalue weighted by molar-refractivity contribution is 0.0691. The first-order valence-electron chi connectivity index (χ1n) is 4.59. The SMILES string of the molecule is O=C(O)c1cnc(-c2cc3cc[nH]c3s2)[nH]1. The van der Waals surface area contributed by atoms with Crippen molar-refractivity contribution in [3.05, 3.63) is 30.2 Å². The van der Waals surface area contributed by atoms with Gasteiger partial charge in [-0.1, -0.05) is 0 Å². The summed E-state index contributed by atoms with van der Waals surface area (Å²) >= 11 is 1.54. The molecule has 0 saturated carbocycles. The minimum Gasteiger partial charge on any atom is -0.477 e. The second-order valence-corrected chi connectivity index (χ2v) is 4.38. The number of carboxylic acid groups (broad SMARTS) is 1. The maximum atomic E-state index is 10.7. The highest BCUT2D eigenvalue weighted by molar-refractivity contribution is 7.21. The first-order chi connectivity index (χ1) is 7.74. The Kier molecular flexibility index (Phi) is 1.84.